The molecule has 13 heavy (non-hydrogen) atoms. The van der Waals surface area contributed by atoms with E-state index in [1.54, 1.807) is 0 Å². The predicted molar refractivity (Wildman–Crippen MR) is 51.1 cm³/mol. The molecule has 6 heteroatoms. The molecule has 0 aromatic carbocycles. The smallest absolute Gasteiger partial charge is 0.217 e. The van der Waals surface area contributed by atoms with Gasteiger partial charge in [0.1, 0.15) is 23.6 Å². The van der Waals surface area contributed by atoms with Gasteiger partial charge in [-0.1, -0.05) is 34.8 Å². The average Bonchev–Trinajstić information content (AvgIpc) is 1.82. The van der Waals surface area contributed by atoms with Crippen LogP contribution in [0.25, 0.3) is 0 Å². The van der Waals surface area contributed by atoms with Crippen molar-refractivity contribution < 1.29 is 14.7 Å². The van der Waals surface area contributed by atoms with Crippen LogP contribution in [0.3, 0.4) is 0 Å². The molecular formula is C7H9Cl3O3. The van der Waals surface area contributed by atoms with Crippen molar-refractivity contribution in [2.75, 3.05) is 0 Å². The molecule has 0 radical (unpaired) electrons. The van der Waals surface area contributed by atoms with E-state index in [-0.39, 0.29) is 0 Å². The number of aliphatic hydroxyl groups is 1. The van der Waals surface area contributed by atoms with Crippen molar-refractivity contribution in [3.05, 3.63) is 0 Å². The fourth-order valence-electron chi connectivity index (χ4n) is 0.920. The van der Waals surface area contributed by atoms with Crippen molar-refractivity contribution >= 4 is 46.4 Å². The van der Waals surface area contributed by atoms with Gasteiger partial charge in [0.15, 0.2) is 0 Å². The quantitative estimate of drug-likeness (QED) is 0.607. The molecule has 1 atom stereocenters. The van der Waals surface area contributed by atoms with E-state index in [2.05, 4.69) is 0 Å². The van der Waals surface area contributed by atoms with Crippen LogP contribution in [0.4, 0.5) is 0 Å². The van der Waals surface area contributed by atoms with Crippen molar-refractivity contribution in [2.24, 2.45) is 5.92 Å². The van der Waals surface area contributed by atoms with E-state index in [4.69, 9.17) is 34.8 Å². The van der Waals surface area contributed by atoms with Gasteiger partial charge in [-0.25, -0.2) is 0 Å². The lowest BCUT2D eigenvalue weighted by Crippen LogP contribution is -2.41. The van der Waals surface area contributed by atoms with Crippen LogP contribution in [0.5, 0.6) is 0 Å². The summed E-state index contributed by atoms with van der Waals surface area (Å²) in [6, 6.07) is 0. The Bertz CT molecular complexity index is 208. The van der Waals surface area contributed by atoms with Crippen LogP contribution in [-0.4, -0.2) is 26.6 Å². The summed E-state index contributed by atoms with van der Waals surface area (Å²) in [5, 5.41) is 9.35. The summed E-state index contributed by atoms with van der Waals surface area (Å²) in [6.07, 6.45) is -1.60. The van der Waals surface area contributed by atoms with Gasteiger partial charge in [-0.2, -0.15) is 0 Å². The molecule has 1 N–H and O–H groups in total. The molecular weight excluding hydrogens is 238 g/mol. The standard InChI is InChI=1S/C7H9Cl3O3/c1-3(11)5(4(2)12)6(13)7(8,9)10/h5-6,13H,1-2H3/t6-/m1/s1. The minimum Gasteiger partial charge on any atom is -0.387 e. The zero-order chi connectivity index (χ0) is 10.8. The van der Waals surface area contributed by atoms with Crippen LogP contribution >= 0.6 is 34.8 Å². The molecule has 0 aliphatic heterocycles. The van der Waals surface area contributed by atoms with Crippen LogP contribution in [0, 0.1) is 5.92 Å². The van der Waals surface area contributed by atoms with Crippen LogP contribution in [0.1, 0.15) is 13.8 Å². The number of carbonyl (C=O) groups excluding carboxylic acids is 2. The molecule has 0 spiro atoms. The Hall–Kier alpha value is 0.170. The van der Waals surface area contributed by atoms with Crippen LogP contribution in [0.2, 0.25) is 0 Å². The Morgan fingerprint density at radius 3 is 1.54 bits per heavy atom. The van der Waals surface area contributed by atoms with E-state index in [0.29, 0.717) is 0 Å². The van der Waals surface area contributed by atoms with Crippen LogP contribution in [0.15, 0.2) is 0 Å². The highest BCUT2D eigenvalue weighted by atomic mass is 35.6. The van der Waals surface area contributed by atoms with Crippen LogP contribution in [-0.2, 0) is 9.59 Å². The van der Waals surface area contributed by atoms with Crippen molar-refractivity contribution in [3.63, 3.8) is 0 Å². The van der Waals surface area contributed by atoms with Crippen LogP contribution < -0.4 is 0 Å². The van der Waals surface area contributed by atoms with Crippen molar-refractivity contribution in [2.45, 2.75) is 23.7 Å². The lowest BCUT2D eigenvalue weighted by atomic mass is 9.95. The maximum Gasteiger partial charge on any atom is 0.217 e. The third-order valence-corrected chi connectivity index (χ3v) is 2.20. The molecule has 0 aliphatic carbocycles. The SMILES string of the molecule is CC(=O)C(C(C)=O)[C@@H](O)C(Cl)(Cl)Cl. The topological polar surface area (TPSA) is 54.4 Å². The molecule has 0 fully saturated rings. The summed E-state index contributed by atoms with van der Waals surface area (Å²) in [7, 11) is 0. The average molecular weight is 248 g/mol. The number of carbonyl (C=O) groups is 2. The molecule has 76 valence electrons. The lowest BCUT2D eigenvalue weighted by Gasteiger charge is -2.24. The highest BCUT2D eigenvalue weighted by Crippen LogP contribution is 2.34. The minimum absolute atomic E-state index is 0.522. The molecule has 0 unspecified atom stereocenters. The second kappa shape index (κ2) is 4.60. The lowest BCUT2D eigenvalue weighted by molar-refractivity contribution is -0.134. The number of alkyl halides is 3. The third-order valence-electron chi connectivity index (χ3n) is 1.53. The molecule has 0 rings (SSSR count). The highest BCUT2D eigenvalue weighted by Gasteiger charge is 2.41. The zero-order valence-corrected chi connectivity index (χ0v) is 9.32. The van der Waals surface area contributed by atoms with E-state index >= 15 is 0 Å². The number of hydrogen-bond acceptors (Lipinski definition) is 3. The number of hydrogen-bond donors (Lipinski definition) is 1. The summed E-state index contributed by atoms with van der Waals surface area (Å²) in [4.78, 5) is 21.8. The summed E-state index contributed by atoms with van der Waals surface area (Å²) < 4.78 is -2.03. The van der Waals surface area contributed by atoms with Crippen molar-refractivity contribution in [1.82, 2.24) is 0 Å². The molecule has 0 bridgehead atoms. The van der Waals surface area contributed by atoms with Gasteiger partial charge >= 0.3 is 0 Å². The maximum atomic E-state index is 10.9. The minimum atomic E-state index is -2.03. The summed E-state index contributed by atoms with van der Waals surface area (Å²) >= 11 is 16.0. The Labute approximate surface area is 91.0 Å². The third kappa shape index (κ3) is 3.81. The Kier molecular flexibility index (Phi) is 4.66. The first kappa shape index (κ1) is 13.2. The second-order valence-corrected chi connectivity index (χ2v) is 5.05. The highest BCUT2D eigenvalue weighted by molar-refractivity contribution is 6.68. The number of aliphatic hydroxyl groups excluding tert-OH is 1. The van der Waals surface area contributed by atoms with Gasteiger partial charge in [0.25, 0.3) is 0 Å². The molecule has 0 aromatic heterocycles. The number of Topliss-reactive ketones (excluding diaryl/α,β-unsaturated/α-hetero) is 2. The summed E-state index contributed by atoms with van der Waals surface area (Å²) in [5.74, 6) is -2.31. The largest absolute Gasteiger partial charge is 0.387 e. The molecule has 0 aliphatic rings. The van der Waals surface area contributed by atoms with E-state index < -0.39 is 27.4 Å². The maximum absolute atomic E-state index is 10.9. The number of rotatable bonds is 3. The van der Waals surface area contributed by atoms with Gasteiger partial charge in [0.2, 0.25) is 3.79 Å². The van der Waals surface area contributed by atoms with E-state index in [9.17, 15) is 14.7 Å². The van der Waals surface area contributed by atoms with Gasteiger partial charge in [-0.05, 0) is 13.8 Å². The fourth-order valence-corrected chi connectivity index (χ4v) is 1.30. The summed E-state index contributed by atoms with van der Waals surface area (Å²) in [6.45, 7) is 2.32. The van der Waals surface area contributed by atoms with Gasteiger partial charge in [-0.3, -0.25) is 9.59 Å². The number of halogens is 3. The van der Waals surface area contributed by atoms with Gasteiger partial charge in [0, 0.05) is 0 Å². The normalized spacial score (nSPS) is 14.4. The van der Waals surface area contributed by atoms with E-state index in [1.165, 1.54) is 0 Å². The van der Waals surface area contributed by atoms with E-state index in [1.807, 2.05) is 0 Å². The predicted octanol–water partition coefficient (Wildman–Crippen LogP) is 1.51. The fraction of sp³-hybridized carbons (Fsp3) is 0.714. The molecule has 0 heterocycles. The first-order valence-corrected chi connectivity index (χ1v) is 4.57. The molecule has 0 aromatic rings. The summed E-state index contributed by atoms with van der Waals surface area (Å²) in [5.41, 5.74) is 0. The van der Waals surface area contributed by atoms with Crippen molar-refractivity contribution in [1.29, 1.82) is 0 Å². The van der Waals surface area contributed by atoms with Gasteiger partial charge in [-0.15, -0.1) is 0 Å². The first-order chi connectivity index (χ1) is 5.68. The number of ketones is 2. The first-order valence-electron chi connectivity index (χ1n) is 3.43. The zero-order valence-electron chi connectivity index (χ0n) is 7.05. The monoisotopic (exact) mass is 246 g/mol. The Balaban J connectivity index is 4.77. The second-order valence-electron chi connectivity index (χ2n) is 2.69. The van der Waals surface area contributed by atoms with Gasteiger partial charge in [0.05, 0.1) is 0 Å². The van der Waals surface area contributed by atoms with Gasteiger partial charge < -0.3 is 5.11 Å². The molecule has 3 nitrogen and oxygen atoms in total. The van der Waals surface area contributed by atoms with Crippen molar-refractivity contribution in [3.8, 4) is 0 Å². The Morgan fingerprint density at radius 1 is 1.15 bits per heavy atom. The van der Waals surface area contributed by atoms with E-state index in [0.717, 1.165) is 13.8 Å². The molecule has 0 saturated heterocycles. The molecule has 0 amide bonds. The molecule has 0 saturated carbocycles. The Morgan fingerprint density at radius 2 is 1.46 bits per heavy atom.